The van der Waals surface area contributed by atoms with Crippen molar-refractivity contribution in [3.05, 3.63) is 77.5 Å². The van der Waals surface area contributed by atoms with E-state index in [0.717, 1.165) is 17.8 Å². The van der Waals surface area contributed by atoms with E-state index >= 15 is 0 Å². The summed E-state index contributed by atoms with van der Waals surface area (Å²) >= 11 is 0. The number of hydrogen-bond donors (Lipinski definition) is 0. The van der Waals surface area contributed by atoms with Crippen LogP contribution in [-0.2, 0) is 6.54 Å². The van der Waals surface area contributed by atoms with Gasteiger partial charge in [0.2, 0.25) is 5.88 Å². The number of aryl methyl sites for hydroxylation is 2. The van der Waals surface area contributed by atoms with Gasteiger partial charge in [-0.05, 0) is 50.1 Å². The van der Waals surface area contributed by atoms with Crippen LogP contribution in [0.15, 0.2) is 48.9 Å². The average molecular weight is 496 g/mol. The highest BCUT2D eigenvalue weighted by Gasteiger charge is 2.34. The van der Waals surface area contributed by atoms with E-state index in [1.807, 2.05) is 29.8 Å². The summed E-state index contributed by atoms with van der Waals surface area (Å²) in [5, 5.41) is 4.54. The standard InChI is InChI=1S/C25H23F3N6O2/c1-16-14-33(15-29-16)20-11-9-17(30-24(20)35-2)10-12-22-31-23-19(7-5-13-34(23)32-22)18-6-3-4-8-21(18)36-25(26,27)28/h3-4,6,8-12,14-15,19H,5,7,13H2,1-2H3/b12-10+/t19-/m0/s1. The Morgan fingerprint density at radius 2 is 1.92 bits per heavy atom. The number of pyridine rings is 1. The van der Waals surface area contributed by atoms with Gasteiger partial charge in [0.15, 0.2) is 5.82 Å². The van der Waals surface area contributed by atoms with Gasteiger partial charge in [-0.2, -0.15) is 5.10 Å². The summed E-state index contributed by atoms with van der Waals surface area (Å²) < 4.78 is 52.1. The van der Waals surface area contributed by atoms with Crippen molar-refractivity contribution in [1.82, 2.24) is 29.3 Å². The van der Waals surface area contributed by atoms with Crippen molar-refractivity contribution in [2.24, 2.45) is 0 Å². The van der Waals surface area contributed by atoms with Crippen LogP contribution >= 0.6 is 0 Å². The van der Waals surface area contributed by atoms with Gasteiger partial charge in [-0.15, -0.1) is 13.2 Å². The fourth-order valence-corrected chi connectivity index (χ4v) is 4.32. The number of hydrogen-bond acceptors (Lipinski definition) is 6. The Morgan fingerprint density at radius 1 is 1.08 bits per heavy atom. The second kappa shape index (κ2) is 9.48. The smallest absolute Gasteiger partial charge is 0.479 e. The summed E-state index contributed by atoms with van der Waals surface area (Å²) in [6, 6.07) is 9.91. The molecule has 3 aromatic heterocycles. The molecule has 0 bridgehead atoms. The largest absolute Gasteiger partial charge is 0.573 e. The molecule has 0 saturated carbocycles. The molecule has 186 valence electrons. The van der Waals surface area contributed by atoms with E-state index in [9.17, 15) is 13.2 Å². The second-order valence-electron chi connectivity index (χ2n) is 8.35. The predicted molar refractivity (Wildman–Crippen MR) is 126 cm³/mol. The molecule has 4 heterocycles. The number of methoxy groups -OCH3 is 1. The van der Waals surface area contributed by atoms with Crippen LogP contribution in [0.4, 0.5) is 13.2 Å². The molecule has 36 heavy (non-hydrogen) atoms. The Labute approximate surface area is 205 Å². The van der Waals surface area contributed by atoms with Crippen LogP contribution in [0.25, 0.3) is 17.8 Å². The SMILES string of the molecule is COc1nc(/C=C/c2nc3n(n2)CCC[C@H]3c2ccccc2OC(F)(F)F)ccc1-n1cnc(C)c1. The van der Waals surface area contributed by atoms with Gasteiger partial charge in [-0.25, -0.2) is 19.6 Å². The zero-order chi connectivity index (χ0) is 25.3. The maximum atomic E-state index is 12.9. The first kappa shape index (κ1) is 23.6. The summed E-state index contributed by atoms with van der Waals surface area (Å²) in [5.41, 5.74) is 2.71. The minimum Gasteiger partial charge on any atom is -0.479 e. The quantitative estimate of drug-likeness (QED) is 0.366. The number of alkyl halides is 3. The molecule has 1 atom stereocenters. The van der Waals surface area contributed by atoms with Crippen molar-refractivity contribution < 1.29 is 22.6 Å². The predicted octanol–water partition coefficient (Wildman–Crippen LogP) is 5.17. The number of imidazole rings is 1. The van der Waals surface area contributed by atoms with E-state index in [4.69, 9.17) is 4.74 Å². The van der Waals surface area contributed by atoms with E-state index in [0.29, 0.717) is 41.8 Å². The molecule has 0 aliphatic carbocycles. The lowest BCUT2D eigenvalue weighted by Gasteiger charge is -2.24. The van der Waals surface area contributed by atoms with Crippen molar-refractivity contribution >= 4 is 12.2 Å². The minimum atomic E-state index is -4.77. The number of aromatic nitrogens is 6. The number of benzene rings is 1. The molecule has 1 aromatic carbocycles. The summed E-state index contributed by atoms with van der Waals surface area (Å²) in [5.74, 6) is 0.917. The molecule has 0 fully saturated rings. The van der Waals surface area contributed by atoms with Crippen LogP contribution in [0, 0.1) is 6.92 Å². The maximum absolute atomic E-state index is 12.9. The van der Waals surface area contributed by atoms with Crippen molar-refractivity contribution in [3.8, 4) is 17.3 Å². The molecule has 0 N–H and O–H groups in total. The number of ether oxygens (including phenoxy) is 2. The summed E-state index contributed by atoms with van der Waals surface area (Å²) in [6.45, 7) is 2.54. The molecule has 1 aliphatic heterocycles. The van der Waals surface area contributed by atoms with Crippen LogP contribution in [0.2, 0.25) is 0 Å². The zero-order valence-electron chi connectivity index (χ0n) is 19.6. The Bertz CT molecular complexity index is 1410. The molecule has 5 rings (SSSR count). The lowest BCUT2D eigenvalue weighted by atomic mass is 9.90. The normalized spacial score (nSPS) is 15.8. The van der Waals surface area contributed by atoms with E-state index in [1.54, 1.807) is 42.4 Å². The van der Waals surface area contributed by atoms with Gasteiger partial charge >= 0.3 is 6.36 Å². The van der Waals surface area contributed by atoms with Gasteiger partial charge in [0.05, 0.1) is 24.8 Å². The van der Waals surface area contributed by atoms with Gasteiger partial charge in [-0.1, -0.05) is 18.2 Å². The molecule has 1 aliphatic rings. The molecule has 11 heteroatoms. The van der Waals surface area contributed by atoms with Gasteiger partial charge in [0.25, 0.3) is 0 Å². The van der Waals surface area contributed by atoms with Crippen molar-refractivity contribution in [1.29, 1.82) is 0 Å². The summed E-state index contributed by atoms with van der Waals surface area (Å²) in [6.07, 6.45) is 3.70. The van der Waals surface area contributed by atoms with Crippen LogP contribution in [0.3, 0.4) is 0 Å². The van der Waals surface area contributed by atoms with E-state index < -0.39 is 6.36 Å². The topological polar surface area (TPSA) is 79.9 Å². The van der Waals surface area contributed by atoms with Gasteiger partial charge in [-0.3, -0.25) is 0 Å². The fraction of sp³-hybridized carbons (Fsp3) is 0.280. The maximum Gasteiger partial charge on any atom is 0.573 e. The number of nitrogens with zero attached hydrogens (tertiary/aromatic N) is 6. The average Bonchev–Trinajstić information content (AvgIpc) is 3.47. The minimum absolute atomic E-state index is 0.215. The van der Waals surface area contributed by atoms with Crippen LogP contribution in [0.5, 0.6) is 11.6 Å². The monoisotopic (exact) mass is 496 g/mol. The van der Waals surface area contributed by atoms with E-state index in [-0.39, 0.29) is 11.7 Å². The number of halogens is 3. The van der Waals surface area contributed by atoms with Crippen molar-refractivity contribution in [2.75, 3.05) is 7.11 Å². The zero-order valence-corrected chi connectivity index (χ0v) is 19.6. The first-order valence-electron chi connectivity index (χ1n) is 11.3. The first-order valence-corrected chi connectivity index (χ1v) is 11.3. The lowest BCUT2D eigenvalue weighted by Crippen LogP contribution is -2.21. The van der Waals surface area contributed by atoms with E-state index in [2.05, 4.69) is 24.8 Å². The Morgan fingerprint density at radius 3 is 2.67 bits per heavy atom. The summed E-state index contributed by atoms with van der Waals surface area (Å²) in [7, 11) is 1.55. The highest BCUT2D eigenvalue weighted by atomic mass is 19.4. The second-order valence-corrected chi connectivity index (χ2v) is 8.35. The lowest BCUT2D eigenvalue weighted by molar-refractivity contribution is -0.275. The molecule has 8 nitrogen and oxygen atoms in total. The van der Waals surface area contributed by atoms with Crippen molar-refractivity contribution in [2.45, 2.75) is 38.6 Å². The van der Waals surface area contributed by atoms with Crippen molar-refractivity contribution in [3.63, 3.8) is 0 Å². The third-order valence-corrected chi connectivity index (χ3v) is 5.86. The fourth-order valence-electron chi connectivity index (χ4n) is 4.32. The number of rotatable bonds is 6. The molecule has 0 saturated heterocycles. The third-order valence-electron chi connectivity index (χ3n) is 5.86. The van der Waals surface area contributed by atoms with Gasteiger partial charge < -0.3 is 14.0 Å². The Hall–Kier alpha value is -4.15. The summed E-state index contributed by atoms with van der Waals surface area (Å²) in [4.78, 5) is 13.4. The van der Waals surface area contributed by atoms with Gasteiger partial charge in [0.1, 0.15) is 17.3 Å². The van der Waals surface area contributed by atoms with E-state index in [1.165, 1.54) is 12.1 Å². The van der Waals surface area contributed by atoms with Crippen LogP contribution < -0.4 is 9.47 Å². The van der Waals surface area contributed by atoms with Gasteiger partial charge in [0, 0.05) is 24.2 Å². The molecule has 0 amide bonds. The first-order chi connectivity index (χ1) is 17.3. The van der Waals surface area contributed by atoms with Crippen LogP contribution in [0.1, 0.15) is 47.4 Å². The van der Waals surface area contributed by atoms with Crippen LogP contribution in [-0.4, -0.2) is 42.8 Å². The molecular formula is C25H23F3N6O2. The molecular weight excluding hydrogens is 473 g/mol. The Balaban J connectivity index is 1.41. The molecule has 0 spiro atoms. The highest BCUT2D eigenvalue weighted by molar-refractivity contribution is 5.65. The Kier molecular flexibility index (Phi) is 6.21. The highest BCUT2D eigenvalue weighted by Crippen LogP contribution is 2.39. The molecule has 0 radical (unpaired) electrons. The number of fused-ring (bicyclic) bond motifs is 1. The molecule has 4 aromatic rings. The molecule has 0 unspecified atom stereocenters. The third kappa shape index (κ3) is 4.95. The number of para-hydroxylation sites is 1.